The van der Waals surface area contributed by atoms with Gasteiger partial charge >= 0.3 is 5.97 Å². The van der Waals surface area contributed by atoms with E-state index in [1.807, 2.05) is 0 Å². The van der Waals surface area contributed by atoms with Crippen LogP contribution in [0.5, 0.6) is 0 Å². The highest BCUT2D eigenvalue weighted by Gasteiger charge is 2.27. The van der Waals surface area contributed by atoms with Crippen molar-refractivity contribution < 1.29 is 19.1 Å². The van der Waals surface area contributed by atoms with Crippen LogP contribution < -0.4 is 0 Å². The van der Waals surface area contributed by atoms with Crippen LogP contribution >= 0.6 is 11.5 Å². The molecule has 0 spiro atoms. The van der Waals surface area contributed by atoms with Gasteiger partial charge in [-0.1, -0.05) is 4.49 Å². The zero-order valence-corrected chi connectivity index (χ0v) is 10.7. The van der Waals surface area contributed by atoms with Crippen LogP contribution in [0.2, 0.25) is 0 Å². The number of hydrogen-bond acceptors (Lipinski definition) is 7. The molecule has 1 amide bonds. The number of aromatic nitrogens is 2. The summed E-state index contributed by atoms with van der Waals surface area (Å²) in [5, 5.41) is 5.34. The van der Waals surface area contributed by atoms with Gasteiger partial charge in [0, 0.05) is 18.5 Å². The molecule has 0 N–H and O–H groups in total. The average molecular weight is 271 g/mol. The Kier molecular flexibility index (Phi) is 4.21. The molecule has 2 rings (SSSR count). The maximum atomic E-state index is 12.0. The fourth-order valence-corrected chi connectivity index (χ4v) is 2.15. The molecule has 0 radical (unpaired) electrons. The van der Waals surface area contributed by atoms with Gasteiger partial charge in [0.05, 0.1) is 26.2 Å². The minimum Gasteiger partial charge on any atom is -0.469 e. The topological polar surface area (TPSA) is 81.6 Å². The number of methoxy groups -OCH3 is 1. The molecule has 98 valence electrons. The maximum Gasteiger partial charge on any atom is 0.308 e. The Morgan fingerprint density at radius 1 is 1.67 bits per heavy atom. The van der Waals surface area contributed by atoms with Gasteiger partial charge < -0.3 is 14.4 Å². The number of esters is 1. The first kappa shape index (κ1) is 12.9. The summed E-state index contributed by atoms with van der Waals surface area (Å²) in [6.45, 7) is 1.27. The molecule has 1 unspecified atom stereocenters. The highest BCUT2D eigenvalue weighted by molar-refractivity contribution is 7.03. The standard InChI is InChI=1S/C10H13N3O4S/c1-16-9(14)4-7-5-13(2-3-17-7)10(15)8-6-18-12-11-8/h6-7H,2-5H2,1H3. The van der Waals surface area contributed by atoms with Crippen LogP contribution in [0.4, 0.5) is 0 Å². The number of rotatable bonds is 3. The first-order chi connectivity index (χ1) is 8.70. The highest BCUT2D eigenvalue weighted by atomic mass is 32.1. The van der Waals surface area contributed by atoms with Crippen molar-refractivity contribution in [1.82, 2.24) is 14.5 Å². The molecule has 1 aromatic rings. The van der Waals surface area contributed by atoms with Crippen molar-refractivity contribution in [2.75, 3.05) is 26.8 Å². The van der Waals surface area contributed by atoms with Crippen molar-refractivity contribution in [3.63, 3.8) is 0 Å². The summed E-state index contributed by atoms with van der Waals surface area (Å²) in [6.07, 6.45) is -0.169. The third kappa shape index (κ3) is 3.02. The number of nitrogens with zero attached hydrogens (tertiary/aromatic N) is 3. The van der Waals surface area contributed by atoms with E-state index in [0.29, 0.717) is 25.4 Å². The highest BCUT2D eigenvalue weighted by Crippen LogP contribution is 2.12. The summed E-state index contributed by atoms with van der Waals surface area (Å²) in [5.41, 5.74) is 0.332. The van der Waals surface area contributed by atoms with Gasteiger partial charge in [-0.25, -0.2) is 0 Å². The SMILES string of the molecule is COC(=O)CC1CN(C(=O)c2csnn2)CCO1. The minimum atomic E-state index is -0.343. The zero-order chi connectivity index (χ0) is 13.0. The predicted molar refractivity (Wildman–Crippen MR) is 62.2 cm³/mol. The van der Waals surface area contributed by atoms with E-state index in [4.69, 9.17) is 4.74 Å². The number of carbonyl (C=O) groups excluding carboxylic acids is 2. The Morgan fingerprint density at radius 3 is 3.17 bits per heavy atom. The Labute approximate surface area is 108 Å². The molecule has 1 aromatic heterocycles. The van der Waals surface area contributed by atoms with Crippen LogP contribution in [0.1, 0.15) is 16.9 Å². The van der Waals surface area contributed by atoms with E-state index in [1.54, 1.807) is 10.3 Å². The molecule has 1 atom stereocenters. The van der Waals surface area contributed by atoms with Gasteiger partial charge in [0.2, 0.25) is 0 Å². The van der Waals surface area contributed by atoms with Crippen molar-refractivity contribution in [2.24, 2.45) is 0 Å². The lowest BCUT2D eigenvalue weighted by Crippen LogP contribution is -2.46. The number of morpholine rings is 1. The normalized spacial score (nSPS) is 19.6. The van der Waals surface area contributed by atoms with E-state index < -0.39 is 0 Å². The minimum absolute atomic E-state index is 0.148. The number of hydrogen-bond donors (Lipinski definition) is 0. The van der Waals surface area contributed by atoms with Crippen LogP contribution in [-0.4, -0.2) is 59.3 Å². The molecular weight excluding hydrogens is 258 g/mol. The number of amides is 1. The first-order valence-corrected chi connectivity index (χ1v) is 6.29. The van der Waals surface area contributed by atoms with Crippen molar-refractivity contribution >= 4 is 23.4 Å². The monoisotopic (exact) mass is 271 g/mol. The molecule has 0 aromatic carbocycles. The van der Waals surface area contributed by atoms with Crippen LogP contribution in [0, 0.1) is 0 Å². The van der Waals surface area contributed by atoms with E-state index in [2.05, 4.69) is 14.3 Å². The lowest BCUT2D eigenvalue weighted by Gasteiger charge is -2.31. The van der Waals surface area contributed by atoms with Gasteiger partial charge in [-0.05, 0) is 11.5 Å². The van der Waals surface area contributed by atoms with Crippen molar-refractivity contribution in [3.05, 3.63) is 11.1 Å². The van der Waals surface area contributed by atoms with E-state index in [-0.39, 0.29) is 24.4 Å². The second-order valence-corrected chi connectivity index (χ2v) is 4.42. The maximum absolute atomic E-state index is 12.0. The van der Waals surface area contributed by atoms with Crippen LogP contribution in [0.15, 0.2) is 5.38 Å². The number of carbonyl (C=O) groups is 2. The van der Waals surface area contributed by atoms with Crippen molar-refractivity contribution in [2.45, 2.75) is 12.5 Å². The summed E-state index contributed by atoms with van der Waals surface area (Å²) in [4.78, 5) is 24.8. The summed E-state index contributed by atoms with van der Waals surface area (Å²) in [5.74, 6) is -0.522. The van der Waals surface area contributed by atoms with E-state index in [0.717, 1.165) is 11.5 Å². The fourth-order valence-electron chi connectivity index (χ4n) is 1.72. The molecule has 0 aliphatic carbocycles. The lowest BCUT2D eigenvalue weighted by molar-refractivity contribution is -0.145. The largest absolute Gasteiger partial charge is 0.469 e. The molecule has 1 saturated heterocycles. The molecular formula is C10H13N3O4S. The van der Waals surface area contributed by atoms with Gasteiger partial charge in [0.25, 0.3) is 5.91 Å². The average Bonchev–Trinajstić information content (AvgIpc) is 2.92. The third-order valence-corrected chi connectivity index (χ3v) is 3.13. The summed E-state index contributed by atoms with van der Waals surface area (Å²) in [7, 11) is 1.33. The second-order valence-electron chi connectivity index (χ2n) is 3.81. The molecule has 7 nitrogen and oxygen atoms in total. The van der Waals surface area contributed by atoms with Crippen LogP contribution in [0.25, 0.3) is 0 Å². The molecule has 2 heterocycles. The van der Waals surface area contributed by atoms with Gasteiger partial charge in [-0.3, -0.25) is 9.59 Å². The molecule has 0 bridgehead atoms. The fraction of sp³-hybridized carbons (Fsp3) is 0.600. The predicted octanol–water partition coefficient (Wildman–Crippen LogP) is -0.0578. The molecule has 1 aliphatic rings. The quantitative estimate of drug-likeness (QED) is 0.716. The Hall–Kier alpha value is -1.54. The van der Waals surface area contributed by atoms with Gasteiger partial charge in [-0.2, -0.15) is 0 Å². The van der Waals surface area contributed by atoms with Gasteiger partial charge in [0.15, 0.2) is 5.69 Å². The van der Waals surface area contributed by atoms with E-state index in [9.17, 15) is 9.59 Å². The third-order valence-electron chi connectivity index (χ3n) is 2.63. The Bertz CT molecular complexity index is 423. The summed E-state index contributed by atoms with van der Waals surface area (Å²) < 4.78 is 13.7. The van der Waals surface area contributed by atoms with Gasteiger partial charge in [-0.15, -0.1) is 5.10 Å². The van der Waals surface area contributed by atoms with E-state index >= 15 is 0 Å². The lowest BCUT2D eigenvalue weighted by atomic mass is 10.2. The van der Waals surface area contributed by atoms with Crippen LogP contribution in [-0.2, 0) is 14.3 Å². The van der Waals surface area contributed by atoms with Crippen molar-refractivity contribution in [1.29, 1.82) is 0 Å². The Balaban J connectivity index is 1.94. The molecule has 1 aliphatic heterocycles. The molecule has 18 heavy (non-hydrogen) atoms. The summed E-state index contributed by atoms with van der Waals surface area (Å²) in [6, 6.07) is 0. The zero-order valence-electron chi connectivity index (χ0n) is 9.87. The second kappa shape index (κ2) is 5.87. The molecule has 1 fully saturated rings. The van der Waals surface area contributed by atoms with Crippen LogP contribution in [0.3, 0.4) is 0 Å². The van der Waals surface area contributed by atoms with Gasteiger partial charge in [0.1, 0.15) is 0 Å². The van der Waals surface area contributed by atoms with Crippen molar-refractivity contribution in [3.8, 4) is 0 Å². The van der Waals surface area contributed by atoms with E-state index in [1.165, 1.54) is 7.11 Å². The molecule has 8 heteroatoms. The Morgan fingerprint density at radius 2 is 2.50 bits per heavy atom. The summed E-state index contributed by atoms with van der Waals surface area (Å²) >= 11 is 1.13. The smallest absolute Gasteiger partial charge is 0.308 e. The first-order valence-electron chi connectivity index (χ1n) is 5.45. The molecule has 0 saturated carbocycles. The number of ether oxygens (including phenoxy) is 2.